The largest absolute Gasteiger partial charge is 0.361 e. The summed E-state index contributed by atoms with van der Waals surface area (Å²) in [6.07, 6.45) is 3.12. The second kappa shape index (κ2) is 5.32. The van der Waals surface area contributed by atoms with Crippen molar-refractivity contribution in [2.75, 3.05) is 12.8 Å². The normalized spacial score (nSPS) is 13.8. The van der Waals surface area contributed by atoms with Crippen molar-refractivity contribution in [2.24, 2.45) is 5.73 Å². The molecule has 2 aromatic rings. The molecule has 5 nitrogen and oxygen atoms in total. The second-order valence-corrected chi connectivity index (χ2v) is 6.69. The Labute approximate surface area is 113 Å². The fourth-order valence-electron chi connectivity index (χ4n) is 2.05. The van der Waals surface area contributed by atoms with Gasteiger partial charge in [0.1, 0.15) is 0 Å². The van der Waals surface area contributed by atoms with Crippen molar-refractivity contribution < 1.29 is 8.42 Å². The number of nitrogens with two attached hydrogens (primary N) is 1. The molecule has 1 atom stereocenters. The maximum absolute atomic E-state index is 11.1. The zero-order chi connectivity index (χ0) is 14.0. The number of benzene rings is 1. The molecule has 1 unspecified atom stereocenters. The molecular weight excluding hydrogens is 262 g/mol. The third kappa shape index (κ3) is 3.34. The molecule has 0 aliphatic carbocycles. The lowest BCUT2D eigenvalue weighted by molar-refractivity contribution is 0.587. The zero-order valence-corrected chi connectivity index (χ0v) is 11.9. The maximum Gasteiger partial charge on any atom is 0.209 e. The first-order valence-electron chi connectivity index (χ1n) is 6.15. The van der Waals surface area contributed by atoms with E-state index in [-0.39, 0.29) is 5.92 Å². The average Bonchev–Trinajstić information content (AvgIpc) is 2.77. The Morgan fingerprint density at radius 1 is 1.42 bits per heavy atom. The summed E-state index contributed by atoms with van der Waals surface area (Å²) in [5.41, 5.74) is 8.84. The van der Waals surface area contributed by atoms with Gasteiger partial charge in [0.25, 0.3) is 0 Å². The predicted octanol–water partition coefficient (Wildman–Crippen LogP) is 1.28. The lowest BCUT2D eigenvalue weighted by Gasteiger charge is -2.08. The van der Waals surface area contributed by atoms with Gasteiger partial charge in [0.15, 0.2) is 0 Å². The molecule has 19 heavy (non-hydrogen) atoms. The van der Waals surface area contributed by atoms with Gasteiger partial charge in [0.2, 0.25) is 10.0 Å². The van der Waals surface area contributed by atoms with Crippen LogP contribution in [0.1, 0.15) is 24.0 Å². The standard InChI is InChI=1S/C13H19N3O2S/c1-9(6-14)12-8-15-13-4-3-10(5-11(12)13)7-16-19(2,17)18/h3-5,8-9,15-16H,6-7,14H2,1-2H3. The fraction of sp³-hybridized carbons (Fsp3) is 0.385. The molecule has 6 heteroatoms. The summed E-state index contributed by atoms with van der Waals surface area (Å²) >= 11 is 0. The van der Waals surface area contributed by atoms with Gasteiger partial charge in [0, 0.05) is 23.6 Å². The van der Waals surface area contributed by atoms with Crippen molar-refractivity contribution in [3.05, 3.63) is 35.5 Å². The van der Waals surface area contributed by atoms with Crippen LogP contribution in [0.25, 0.3) is 10.9 Å². The van der Waals surface area contributed by atoms with Crippen molar-refractivity contribution in [1.29, 1.82) is 0 Å². The predicted molar refractivity (Wildman–Crippen MR) is 77.5 cm³/mol. The van der Waals surface area contributed by atoms with Crippen LogP contribution in [0.3, 0.4) is 0 Å². The number of fused-ring (bicyclic) bond motifs is 1. The van der Waals surface area contributed by atoms with E-state index in [0.29, 0.717) is 13.1 Å². The number of hydrogen-bond acceptors (Lipinski definition) is 3. The van der Waals surface area contributed by atoms with E-state index >= 15 is 0 Å². The van der Waals surface area contributed by atoms with E-state index in [1.165, 1.54) is 5.56 Å². The SMILES string of the molecule is CC(CN)c1c[nH]c2ccc(CNS(C)(=O)=O)cc12. The van der Waals surface area contributed by atoms with Crippen molar-refractivity contribution in [2.45, 2.75) is 19.4 Å². The van der Waals surface area contributed by atoms with Gasteiger partial charge in [0.05, 0.1) is 6.26 Å². The van der Waals surface area contributed by atoms with Crippen LogP contribution in [0.4, 0.5) is 0 Å². The maximum atomic E-state index is 11.1. The van der Waals surface area contributed by atoms with Crippen LogP contribution in [0.5, 0.6) is 0 Å². The van der Waals surface area contributed by atoms with Crippen LogP contribution in [0, 0.1) is 0 Å². The molecule has 0 spiro atoms. The highest BCUT2D eigenvalue weighted by Gasteiger charge is 2.10. The first-order chi connectivity index (χ1) is 8.90. The van der Waals surface area contributed by atoms with Gasteiger partial charge in [-0.2, -0.15) is 0 Å². The smallest absolute Gasteiger partial charge is 0.209 e. The van der Waals surface area contributed by atoms with Gasteiger partial charge >= 0.3 is 0 Å². The molecular formula is C13H19N3O2S. The van der Waals surface area contributed by atoms with Gasteiger partial charge < -0.3 is 10.7 Å². The zero-order valence-electron chi connectivity index (χ0n) is 11.1. The van der Waals surface area contributed by atoms with Crippen LogP contribution in [0.2, 0.25) is 0 Å². The Balaban J connectivity index is 2.33. The third-order valence-electron chi connectivity index (χ3n) is 3.20. The topological polar surface area (TPSA) is 88.0 Å². The molecule has 1 aromatic carbocycles. The Morgan fingerprint density at radius 2 is 2.16 bits per heavy atom. The molecule has 0 aliphatic rings. The van der Waals surface area contributed by atoms with Gasteiger partial charge in [-0.15, -0.1) is 0 Å². The van der Waals surface area contributed by atoms with E-state index in [9.17, 15) is 8.42 Å². The number of H-pyrrole nitrogens is 1. The highest BCUT2D eigenvalue weighted by Crippen LogP contribution is 2.25. The molecule has 0 fully saturated rings. The van der Waals surface area contributed by atoms with Crippen LogP contribution in [-0.4, -0.2) is 26.2 Å². The van der Waals surface area contributed by atoms with Crippen LogP contribution in [-0.2, 0) is 16.6 Å². The number of sulfonamides is 1. The summed E-state index contributed by atoms with van der Waals surface area (Å²) in [6, 6.07) is 5.88. The third-order valence-corrected chi connectivity index (χ3v) is 3.87. The van der Waals surface area contributed by atoms with Gasteiger partial charge in [-0.3, -0.25) is 0 Å². The number of aromatic nitrogens is 1. The summed E-state index contributed by atoms with van der Waals surface area (Å²) in [5, 5.41) is 1.10. The van der Waals surface area contributed by atoms with Crippen molar-refractivity contribution in [3.63, 3.8) is 0 Å². The highest BCUT2D eigenvalue weighted by molar-refractivity contribution is 7.88. The molecule has 1 aromatic heterocycles. The molecule has 2 rings (SSSR count). The number of rotatable bonds is 5. The number of hydrogen-bond donors (Lipinski definition) is 3. The molecule has 0 saturated heterocycles. The lowest BCUT2D eigenvalue weighted by atomic mass is 9.99. The Hall–Kier alpha value is -1.37. The second-order valence-electron chi connectivity index (χ2n) is 4.85. The van der Waals surface area contributed by atoms with E-state index in [0.717, 1.165) is 22.7 Å². The molecule has 0 aliphatic heterocycles. The monoisotopic (exact) mass is 281 g/mol. The first-order valence-corrected chi connectivity index (χ1v) is 8.04. The van der Waals surface area contributed by atoms with E-state index in [1.807, 2.05) is 24.4 Å². The summed E-state index contributed by atoms with van der Waals surface area (Å²) < 4.78 is 24.7. The summed E-state index contributed by atoms with van der Waals surface area (Å²) in [5.74, 6) is 0.270. The molecule has 0 radical (unpaired) electrons. The van der Waals surface area contributed by atoms with E-state index < -0.39 is 10.0 Å². The Kier molecular flexibility index (Phi) is 3.93. The van der Waals surface area contributed by atoms with E-state index in [4.69, 9.17) is 5.73 Å². The van der Waals surface area contributed by atoms with Crippen molar-refractivity contribution in [1.82, 2.24) is 9.71 Å². The molecule has 4 N–H and O–H groups in total. The lowest BCUT2D eigenvalue weighted by Crippen LogP contribution is -2.21. The minimum absolute atomic E-state index is 0.270. The van der Waals surface area contributed by atoms with E-state index in [1.54, 1.807) is 0 Å². The number of aromatic amines is 1. The summed E-state index contributed by atoms with van der Waals surface area (Å²) in [7, 11) is -3.17. The summed E-state index contributed by atoms with van der Waals surface area (Å²) in [6.45, 7) is 2.96. The minimum atomic E-state index is -3.17. The van der Waals surface area contributed by atoms with E-state index in [2.05, 4.69) is 16.6 Å². The minimum Gasteiger partial charge on any atom is -0.361 e. The molecule has 0 saturated carbocycles. The quantitative estimate of drug-likeness (QED) is 0.771. The van der Waals surface area contributed by atoms with Crippen LogP contribution < -0.4 is 10.5 Å². The molecule has 1 heterocycles. The Bertz CT molecular complexity index is 676. The first kappa shape index (κ1) is 14.0. The van der Waals surface area contributed by atoms with Gasteiger partial charge in [-0.05, 0) is 35.7 Å². The van der Waals surface area contributed by atoms with Crippen molar-refractivity contribution >= 4 is 20.9 Å². The molecule has 0 bridgehead atoms. The number of nitrogens with one attached hydrogen (secondary N) is 2. The Morgan fingerprint density at radius 3 is 2.79 bits per heavy atom. The van der Waals surface area contributed by atoms with Crippen LogP contribution >= 0.6 is 0 Å². The van der Waals surface area contributed by atoms with Crippen LogP contribution in [0.15, 0.2) is 24.4 Å². The van der Waals surface area contributed by atoms with Crippen molar-refractivity contribution in [3.8, 4) is 0 Å². The average molecular weight is 281 g/mol. The summed E-state index contributed by atoms with van der Waals surface area (Å²) in [4.78, 5) is 3.21. The molecule has 0 amide bonds. The highest BCUT2D eigenvalue weighted by atomic mass is 32.2. The van der Waals surface area contributed by atoms with Gasteiger partial charge in [-0.25, -0.2) is 13.1 Å². The molecule has 104 valence electrons. The fourth-order valence-corrected chi connectivity index (χ4v) is 2.48. The van der Waals surface area contributed by atoms with Gasteiger partial charge in [-0.1, -0.05) is 13.0 Å².